The van der Waals surface area contributed by atoms with Gasteiger partial charge < -0.3 is 5.32 Å². The van der Waals surface area contributed by atoms with Crippen molar-refractivity contribution in [3.05, 3.63) is 46.7 Å². The van der Waals surface area contributed by atoms with Crippen LogP contribution >= 0.6 is 11.6 Å². The summed E-state index contributed by atoms with van der Waals surface area (Å²) in [6.45, 7) is 2.84. The molecule has 108 valence electrons. The average molecular weight is 304 g/mol. The zero-order valence-corrected chi connectivity index (χ0v) is 11.5. The van der Waals surface area contributed by atoms with Crippen molar-refractivity contribution in [3.63, 3.8) is 0 Å². The van der Waals surface area contributed by atoms with E-state index in [0.717, 1.165) is 11.8 Å². The van der Waals surface area contributed by atoms with Crippen molar-refractivity contribution in [3.8, 4) is 0 Å². The molecule has 0 saturated heterocycles. The van der Waals surface area contributed by atoms with E-state index in [1.54, 1.807) is 16.9 Å². The predicted molar refractivity (Wildman–Crippen MR) is 71.7 cm³/mol. The van der Waals surface area contributed by atoms with Crippen molar-refractivity contribution in [2.75, 3.05) is 5.32 Å². The van der Waals surface area contributed by atoms with Gasteiger partial charge in [-0.3, -0.25) is 4.68 Å². The van der Waals surface area contributed by atoms with Gasteiger partial charge in [0.2, 0.25) is 0 Å². The molecule has 1 aromatic carbocycles. The molecule has 0 aliphatic heterocycles. The van der Waals surface area contributed by atoms with Crippen LogP contribution in [0.2, 0.25) is 5.02 Å². The van der Waals surface area contributed by atoms with E-state index in [4.69, 9.17) is 11.6 Å². The minimum atomic E-state index is -4.45. The summed E-state index contributed by atoms with van der Waals surface area (Å²) in [7, 11) is 0. The molecule has 0 saturated carbocycles. The number of aromatic nitrogens is 2. The molecule has 0 amide bonds. The van der Waals surface area contributed by atoms with Gasteiger partial charge in [-0.25, -0.2) is 0 Å². The molecule has 2 rings (SSSR count). The number of hydrogen-bond donors (Lipinski definition) is 1. The van der Waals surface area contributed by atoms with Gasteiger partial charge in [0.1, 0.15) is 0 Å². The van der Waals surface area contributed by atoms with Gasteiger partial charge in [0.25, 0.3) is 0 Å². The lowest BCUT2D eigenvalue weighted by Gasteiger charge is -2.15. The van der Waals surface area contributed by atoms with Crippen LogP contribution in [0.25, 0.3) is 0 Å². The Kier molecular flexibility index (Phi) is 4.23. The predicted octanol–water partition coefficient (Wildman–Crippen LogP) is 4.19. The van der Waals surface area contributed by atoms with Crippen LogP contribution < -0.4 is 5.32 Å². The zero-order valence-electron chi connectivity index (χ0n) is 10.7. The average Bonchev–Trinajstić information content (AvgIpc) is 2.83. The van der Waals surface area contributed by atoms with E-state index in [-0.39, 0.29) is 17.3 Å². The van der Waals surface area contributed by atoms with E-state index < -0.39 is 11.7 Å². The van der Waals surface area contributed by atoms with Crippen LogP contribution in [-0.2, 0) is 19.3 Å². The van der Waals surface area contributed by atoms with E-state index in [9.17, 15) is 13.2 Å². The maximum absolute atomic E-state index is 12.9. The number of halogens is 4. The molecule has 0 bridgehead atoms. The van der Waals surface area contributed by atoms with Crippen molar-refractivity contribution in [2.24, 2.45) is 0 Å². The fourth-order valence-corrected chi connectivity index (χ4v) is 2.06. The molecular weight excluding hydrogens is 291 g/mol. The first-order valence-electron chi connectivity index (χ1n) is 6.03. The summed E-state index contributed by atoms with van der Waals surface area (Å²) in [4.78, 5) is 0. The zero-order chi connectivity index (χ0) is 14.8. The van der Waals surface area contributed by atoms with Crippen LogP contribution in [0.4, 0.5) is 18.9 Å². The summed E-state index contributed by atoms with van der Waals surface area (Å²) in [5.74, 6) is 0. The molecule has 2 aromatic rings. The Labute approximate surface area is 119 Å². The van der Waals surface area contributed by atoms with Gasteiger partial charge in [0.05, 0.1) is 17.8 Å². The third-order valence-corrected chi connectivity index (χ3v) is 3.09. The standard InChI is InChI=1S/C13H13ClF3N3/c1-2-20-10(5-6-19-20)8-18-12-4-3-9(14)7-11(12)13(15,16)17/h3-7,18H,2,8H2,1H3. The highest BCUT2D eigenvalue weighted by molar-refractivity contribution is 6.30. The first kappa shape index (κ1) is 14.7. The van der Waals surface area contributed by atoms with Gasteiger partial charge in [-0.1, -0.05) is 11.6 Å². The molecule has 0 radical (unpaired) electrons. The number of alkyl halides is 3. The highest BCUT2D eigenvalue weighted by Gasteiger charge is 2.33. The summed E-state index contributed by atoms with van der Waals surface area (Å²) in [6, 6.07) is 5.44. The number of aryl methyl sites for hydroxylation is 1. The molecule has 20 heavy (non-hydrogen) atoms. The van der Waals surface area contributed by atoms with Gasteiger partial charge in [-0.15, -0.1) is 0 Å². The molecule has 1 aromatic heterocycles. The monoisotopic (exact) mass is 303 g/mol. The Morgan fingerprint density at radius 3 is 2.70 bits per heavy atom. The number of hydrogen-bond acceptors (Lipinski definition) is 2. The second-order valence-electron chi connectivity index (χ2n) is 4.18. The minimum absolute atomic E-state index is 0.00533. The van der Waals surface area contributed by atoms with Gasteiger partial charge >= 0.3 is 6.18 Å². The highest BCUT2D eigenvalue weighted by Crippen LogP contribution is 2.36. The lowest BCUT2D eigenvalue weighted by atomic mass is 10.1. The molecule has 0 atom stereocenters. The van der Waals surface area contributed by atoms with Crippen molar-refractivity contribution in [2.45, 2.75) is 26.2 Å². The van der Waals surface area contributed by atoms with Gasteiger partial charge in [0, 0.05) is 23.5 Å². The second kappa shape index (κ2) is 5.75. The quantitative estimate of drug-likeness (QED) is 0.918. The Morgan fingerprint density at radius 1 is 1.30 bits per heavy atom. The smallest absolute Gasteiger partial charge is 0.379 e. The summed E-state index contributed by atoms with van der Waals surface area (Å²) in [5.41, 5.74) is 0.0499. The van der Waals surface area contributed by atoms with Crippen molar-refractivity contribution in [1.29, 1.82) is 0 Å². The van der Waals surface area contributed by atoms with Crippen LogP contribution in [0, 0.1) is 0 Å². The lowest BCUT2D eigenvalue weighted by molar-refractivity contribution is -0.136. The number of anilines is 1. The molecule has 7 heteroatoms. The second-order valence-corrected chi connectivity index (χ2v) is 4.62. The fourth-order valence-electron chi connectivity index (χ4n) is 1.89. The normalized spacial score (nSPS) is 11.7. The molecule has 0 aliphatic rings. The minimum Gasteiger partial charge on any atom is -0.379 e. The Bertz CT molecular complexity index is 593. The largest absolute Gasteiger partial charge is 0.418 e. The first-order valence-corrected chi connectivity index (χ1v) is 6.41. The van der Waals surface area contributed by atoms with Gasteiger partial charge in [0.15, 0.2) is 0 Å². The number of nitrogens with one attached hydrogen (secondary N) is 1. The van der Waals surface area contributed by atoms with Crippen LogP contribution in [0.3, 0.4) is 0 Å². The number of nitrogens with zero attached hydrogens (tertiary/aromatic N) is 2. The van der Waals surface area contributed by atoms with E-state index in [1.807, 2.05) is 6.92 Å². The van der Waals surface area contributed by atoms with Crippen LogP contribution in [0.5, 0.6) is 0 Å². The summed E-state index contributed by atoms with van der Waals surface area (Å²) in [6.07, 6.45) is -2.83. The summed E-state index contributed by atoms with van der Waals surface area (Å²) < 4.78 is 40.5. The Balaban J connectivity index is 2.22. The van der Waals surface area contributed by atoms with E-state index in [2.05, 4.69) is 10.4 Å². The van der Waals surface area contributed by atoms with E-state index in [1.165, 1.54) is 12.1 Å². The fraction of sp³-hybridized carbons (Fsp3) is 0.308. The molecule has 0 aliphatic carbocycles. The van der Waals surface area contributed by atoms with Gasteiger partial charge in [-0.2, -0.15) is 18.3 Å². The summed E-state index contributed by atoms with van der Waals surface area (Å²) in [5, 5.41) is 6.91. The number of rotatable bonds is 4. The SMILES string of the molecule is CCn1nccc1CNc1ccc(Cl)cc1C(F)(F)F. The molecule has 0 spiro atoms. The van der Waals surface area contributed by atoms with Gasteiger partial charge in [-0.05, 0) is 31.2 Å². The van der Waals surface area contributed by atoms with Crippen molar-refractivity contribution < 1.29 is 13.2 Å². The van der Waals surface area contributed by atoms with Crippen LogP contribution in [-0.4, -0.2) is 9.78 Å². The summed E-state index contributed by atoms with van der Waals surface area (Å²) >= 11 is 5.63. The molecule has 0 fully saturated rings. The maximum atomic E-state index is 12.9. The molecule has 0 unspecified atom stereocenters. The molecular formula is C13H13ClF3N3. The first-order chi connectivity index (χ1) is 9.41. The molecule has 1 heterocycles. The van der Waals surface area contributed by atoms with Crippen molar-refractivity contribution in [1.82, 2.24) is 9.78 Å². The Hall–Kier alpha value is -1.69. The third kappa shape index (κ3) is 3.25. The molecule has 1 N–H and O–H groups in total. The lowest BCUT2D eigenvalue weighted by Crippen LogP contribution is -2.13. The van der Waals surface area contributed by atoms with E-state index >= 15 is 0 Å². The Morgan fingerprint density at radius 2 is 2.05 bits per heavy atom. The van der Waals surface area contributed by atoms with Crippen LogP contribution in [0.15, 0.2) is 30.5 Å². The topological polar surface area (TPSA) is 29.9 Å². The van der Waals surface area contributed by atoms with Crippen LogP contribution in [0.1, 0.15) is 18.2 Å². The molecule has 3 nitrogen and oxygen atoms in total. The van der Waals surface area contributed by atoms with E-state index in [0.29, 0.717) is 6.54 Å². The number of benzene rings is 1. The van der Waals surface area contributed by atoms with Crippen molar-refractivity contribution >= 4 is 17.3 Å². The highest BCUT2D eigenvalue weighted by atomic mass is 35.5. The third-order valence-electron chi connectivity index (χ3n) is 2.85. The maximum Gasteiger partial charge on any atom is 0.418 e.